The summed E-state index contributed by atoms with van der Waals surface area (Å²) in [6.45, 7) is 2.02. The number of aryl methyl sites for hydroxylation is 2. The zero-order valence-electron chi connectivity index (χ0n) is 11.4. The van der Waals surface area contributed by atoms with Gasteiger partial charge in [-0.05, 0) is 45.8 Å². The van der Waals surface area contributed by atoms with E-state index in [2.05, 4.69) is 63.5 Å². The average Bonchev–Trinajstić information content (AvgIpc) is 2.70. The molecule has 0 amide bonds. The van der Waals surface area contributed by atoms with E-state index in [4.69, 9.17) is 0 Å². The van der Waals surface area contributed by atoms with Crippen molar-refractivity contribution in [3.63, 3.8) is 0 Å². The maximum atomic E-state index is 4.43. The Bertz CT molecular complexity index is 764. The van der Waals surface area contributed by atoms with Crippen molar-refractivity contribution >= 4 is 38.5 Å². The molecule has 1 heterocycles. The highest BCUT2D eigenvalue weighted by Crippen LogP contribution is 2.30. The summed E-state index contributed by atoms with van der Waals surface area (Å²) >= 11 is 5.46. The van der Waals surface area contributed by atoms with Crippen LogP contribution in [0.4, 0.5) is 0 Å². The molecule has 0 aliphatic carbocycles. The standard InChI is InChI=1S/C16H15BrN2S/c1-11-16(17)15(19(2)18-11)10-20-14-8-7-12-5-3-4-6-13(12)9-14/h3-9H,10H2,1-2H3. The third kappa shape index (κ3) is 2.63. The summed E-state index contributed by atoms with van der Waals surface area (Å²) in [5, 5.41) is 7.01. The Kier molecular flexibility index (Phi) is 3.85. The van der Waals surface area contributed by atoms with E-state index >= 15 is 0 Å². The van der Waals surface area contributed by atoms with Gasteiger partial charge in [0.25, 0.3) is 0 Å². The summed E-state index contributed by atoms with van der Waals surface area (Å²) in [6.07, 6.45) is 0. The molecule has 102 valence electrons. The van der Waals surface area contributed by atoms with Crippen LogP contribution >= 0.6 is 27.7 Å². The molecule has 4 heteroatoms. The smallest absolute Gasteiger partial charge is 0.0738 e. The van der Waals surface area contributed by atoms with E-state index < -0.39 is 0 Å². The fourth-order valence-corrected chi connectivity index (χ4v) is 3.92. The number of benzene rings is 2. The Hall–Kier alpha value is -1.26. The number of rotatable bonds is 3. The lowest BCUT2D eigenvalue weighted by Gasteiger charge is -2.05. The monoisotopic (exact) mass is 346 g/mol. The first-order valence-electron chi connectivity index (χ1n) is 6.45. The number of hydrogen-bond acceptors (Lipinski definition) is 2. The average molecular weight is 347 g/mol. The van der Waals surface area contributed by atoms with Crippen molar-refractivity contribution in [1.82, 2.24) is 9.78 Å². The van der Waals surface area contributed by atoms with E-state index in [9.17, 15) is 0 Å². The molecule has 2 aromatic carbocycles. The van der Waals surface area contributed by atoms with Gasteiger partial charge in [-0.1, -0.05) is 30.3 Å². The van der Waals surface area contributed by atoms with Crippen molar-refractivity contribution < 1.29 is 0 Å². The van der Waals surface area contributed by atoms with Gasteiger partial charge in [-0.15, -0.1) is 11.8 Å². The second-order valence-electron chi connectivity index (χ2n) is 4.77. The summed E-state index contributed by atoms with van der Waals surface area (Å²) in [4.78, 5) is 1.29. The van der Waals surface area contributed by atoms with E-state index in [0.717, 1.165) is 15.9 Å². The first kappa shape index (κ1) is 13.7. The molecule has 0 saturated heterocycles. The van der Waals surface area contributed by atoms with Crippen molar-refractivity contribution in [3.05, 3.63) is 58.3 Å². The van der Waals surface area contributed by atoms with Crippen LogP contribution in [-0.4, -0.2) is 9.78 Å². The molecule has 0 aliphatic heterocycles. The van der Waals surface area contributed by atoms with Crippen molar-refractivity contribution in [3.8, 4) is 0 Å². The van der Waals surface area contributed by atoms with Gasteiger partial charge in [0.05, 0.1) is 15.9 Å². The lowest BCUT2D eigenvalue weighted by molar-refractivity contribution is 0.727. The molecule has 0 saturated carbocycles. The Morgan fingerprint density at radius 1 is 1.15 bits per heavy atom. The van der Waals surface area contributed by atoms with Gasteiger partial charge in [-0.3, -0.25) is 4.68 Å². The Labute approximate surface area is 131 Å². The van der Waals surface area contributed by atoms with Gasteiger partial charge < -0.3 is 0 Å². The summed E-state index contributed by atoms with van der Waals surface area (Å²) in [5.74, 6) is 0.913. The quantitative estimate of drug-likeness (QED) is 0.625. The largest absolute Gasteiger partial charge is 0.270 e. The van der Waals surface area contributed by atoms with Gasteiger partial charge in [0.15, 0.2) is 0 Å². The third-order valence-corrected chi connectivity index (χ3v) is 5.39. The number of thioether (sulfide) groups is 1. The highest BCUT2D eigenvalue weighted by atomic mass is 79.9. The van der Waals surface area contributed by atoms with Crippen LogP contribution in [0.15, 0.2) is 51.8 Å². The lowest BCUT2D eigenvalue weighted by atomic mass is 10.1. The second-order valence-corrected chi connectivity index (χ2v) is 6.61. The van der Waals surface area contributed by atoms with Crippen molar-refractivity contribution in [2.24, 2.45) is 7.05 Å². The van der Waals surface area contributed by atoms with E-state index in [1.807, 2.05) is 30.4 Å². The molecular formula is C16H15BrN2S. The first-order chi connectivity index (χ1) is 9.65. The Balaban J connectivity index is 1.83. The van der Waals surface area contributed by atoms with E-state index in [-0.39, 0.29) is 0 Å². The molecule has 20 heavy (non-hydrogen) atoms. The van der Waals surface area contributed by atoms with Gasteiger partial charge in [-0.2, -0.15) is 5.10 Å². The van der Waals surface area contributed by atoms with Gasteiger partial charge in [0, 0.05) is 17.7 Å². The molecule has 0 radical (unpaired) electrons. The van der Waals surface area contributed by atoms with E-state index in [1.165, 1.54) is 21.4 Å². The molecule has 0 spiro atoms. The van der Waals surface area contributed by atoms with Gasteiger partial charge in [0.2, 0.25) is 0 Å². The van der Waals surface area contributed by atoms with Crippen LogP contribution in [-0.2, 0) is 12.8 Å². The molecule has 3 rings (SSSR count). The highest BCUT2D eigenvalue weighted by Gasteiger charge is 2.10. The van der Waals surface area contributed by atoms with Crippen LogP contribution in [0.2, 0.25) is 0 Å². The summed E-state index contributed by atoms with van der Waals surface area (Å²) in [6, 6.07) is 15.1. The maximum absolute atomic E-state index is 4.43. The number of aromatic nitrogens is 2. The molecule has 0 unspecified atom stereocenters. The fraction of sp³-hybridized carbons (Fsp3) is 0.188. The summed E-state index contributed by atoms with van der Waals surface area (Å²) < 4.78 is 3.07. The molecule has 2 nitrogen and oxygen atoms in total. The number of nitrogens with zero attached hydrogens (tertiary/aromatic N) is 2. The molecule has 0 aliphatic rings. The van der Waals surface area contributed by atoms with Crippen molar-refractivity contribution in [1.29, 1.82) is 0 Å². The van der Waals surface area contributed by atoms with Crippen LogP contribution in [0.5, 0.6) is 0 Å². The van der Waals surface area contributed by atoms with Gasteiger partial charge >= 0.3 is 0 Å². The molecule has 0 N–H and O–H groups in total. The van der Waals surface area contributed by atoms with Crippen LogP contribution in [0, 0.1) is 6.92 Å². The minimum absolute atomic E-state index is 0.913. The fourth-order valence-electron chi connectivity index (χ4n) is 2.25. The maximum Gasteiger partial charge on any atom is 0.0738 e. The van der Waals surface area contributed by atoms with Gasteiger partial charge in [-0.25, -0.2) is 0 Å². The van der Waals surface area contributed by atoms with Crippen LogP contribution < -0.4 is 0 Å². The molecule has 0 bridgehead atoms. The minimum atomic E-state index is 0.913. The third-order valence-electron chi connectivity index (χ3n) is 3.36. The van der Waals surface area contributed by atoms with Crippen molar-refractivity contribution in [2.45, 2.75) is 17.6 Å². The molecule has 3 aromatic rings. The topological polar surface area (TPSA) is 17.8 Å². The minimum Gasteiger partial charge on any atom is -0.270 e. The SMILES string of the molecule is Cc1nn(C)c(CSc2ccc3ccccc3c2)c1Br. The summed E-state index contributed by atoms with van der Waals surface area (Å²) in [5.41, 5.74) is 2.27. The zero-order valence-corrected chi connectivity index (χ0v) is 13.8. The number of fused-ring (bicyclic) bond motifs is 1. The van der Waals surface area contributed by atoms with E-state index in [0.29, 0.717) is 0 Å². The van der Waals surface area contributed by atoms with Crippen LogP contribution in [0.1, 0.15) is 11.4 Å². The van der Waals surface area contributed by atoms with Crippen LogP contribution in [0.3, 0.4) is 0 Å². The normalized spacial score (nSPS) is 11.2. The lowest BCUT2D eigenvalue weighted by Crippen LogP contribution is -1.96. The predicted octanol–water partition coefficient (Wildman–Crippen LogP) is 4.94. The predicted molar refractivity (Wildman–Crippen MR) is 89.2 cm³/mol. The molecule has 1 aromatic heterocycles. The van der Waals surface area contributed by atoms with Crippen molar-refractivity contribution in [2.75, 3.05) is 0 Å². The van der Waals surface area contributed by atoms with E-state index in [1.54, 1.807) is 0 Å². The Morgan fingerprint density at radius 2 is 1.90 bits per heavy atom. The van der Waals surface area contributed by atoms with Crippen LogP contribution in [0.25, 0.3) is 10.8 Å². The second kappa shape index (κ2) is 5.62. The molecule has 0 atom stereocenters. The first-order valence-corrected chi connectivity index (χ1v) is 8.22. The Morgan fingerprint density at radius 3 is 2.60 bits per heavy atom. The summed E-state index contributed by atoms with van der Waals surface area (Å²) in [7, 11) is 1.99. The zero-order chi connectivity index (χ0) is 14.1. The number of hydrogen-bond donors (Lipinski definition) is 0. The van der Waals surface area contributed by atoms with Gasteiger partial charge in [0.1, 0.15) is 0 Å². The number of halogens is 1. The molecular weight excluding hydrogens is 332 g/mol. The molecule has 0 fully saturated rings. The highest BCUT2D eigenvalue weighted by molar-refractivity contribution is 9.10.